The van der Waals surface area contributed by atoms with Crippen LogP contribution in [0.15, 0.2) is 17.3 Å². The fraction of sp³-hybridized carbons (Fsp3) is 0.300. The third-order valence-corrected chi connectivity index (χ3v) is 1.92. The number of aliphatic imine (C=N–C) groups is 1. The minimum atomic E-state index is -0.314. The van der Waals surface area contributed by atoms with Crippen molar-refractivity contribution in [3.63, 3.8) is 0 Å². The van der Waals surface area contributed by atoms with E-state index in [1.54, 1.807) is 32.0 Å². The van der Waals surface area contributed by atoms with Crippen molar-refractivity contribution < 1.29 is 4.79 Å². The van der Waals surface area contributed by atoms with Gasteiger partial charge in [-0.25, -0.2) is 4.98 Å². The maximum atomic E-state index is 11.6. The summed E-state index contributed by atoms with van der Waals surface area (Å²) in [5.74, 6) is -0.314. The first-order valence-corrected chi connectivity index (χ1v) is 4.75. The van der Waals surface area contributed by atoms with E-state index in [9.17, 15) is 4.79 Å². The van der Waals surface area contributed by atoms with Crippen molar-refractivity contribution in [2.75, 3.05) is 14.1 Å². The molecule has 0 N–H and O–H groups in total. The molecule has 0 radical (unpaired) electrons. The van der Waals surface area contributed by atoms with Gasteiger partial charge in [0.15, 0.2) is 0 Å². The fourth-order valence-electron chi connectivity index (χ4n) is 0.983. The van der Waals surface area contributed by atoms with E-state index in [1.165, 1.54) is 12.5 Å². The van der Waals surface area contributed by atoms with Crippen LogP contribution in [-0.2, 0) is 0 Å². The number of carbonyl (C=O) groups excluding carboxylic acids is 1. The Balaban J connectivity index is 2.92. The topological polar surface area (TPSA) is 45.6 Å². The van der Waals surface area contributed by atoms with Gasteiger partial charge in [-0.15, -0.1) is 0 Å². The maximum absolute atomic E-state index is 11.6. The molecule has 0 spiro atoms. The van der Waals surface area contributed by atoms with Crippen LogP contribution in [0.3, 0.4) is 0 Å². The second-order valence-corrected chi connectivity index (χ2v) is 3.72. The Hall–Kier alpha value is -1.42. The molecule has 0 fully saturated rings. The first-order valence-electron chi connectivity index (χ1n) is 4.38. The second kappa shape index (κ2) is 4.89. The molecule has 80 valence electrons. The van der Waals surface area contributed by atoms with E-state index in [1.807, 2.05) is 0 Å². The highest BCUT2D eigenvalue weighted by molar-refractivity contribution is 6.29. The molecule has 1 aromatic heterocycles. The zero-order valence-electron chi connectivity index (χ0n) is 8.86. The average Bonchev–Trinajstić information content (AvgIpc) is 2.14. The Morgan fingerprint density at radius 2 is 2.27 bits per heavy atom. The van der Waals surface area contributed by atoms with Gasteiger partial charge in [0.25, 0.3) is 5.91 Å². The smallest absolute Gasteiger partial charge is 0.280 e. The van der Waals surface area contributed by atoms with Crippen LogP contribution < -0.4 is 0 Å². The van der Waals surface area contributed by atoms with Crippen LogP contribution >= 0.6 is 11.6 Å². The SMILES string of the molecule is Cc1cc(Cl)ncc1C(=O)/N=C\N(C)C. The standard InChI is InChI=1S/C10H12ClN3O/c1-7-4-9(11)12-5-8(7)10(15)13-6-14(2)3/h4-6H,1-3H3/b13-6-. The molecule has 0 aliphatic heterocycles. The number of rotatable bonds is 2. The van der Waals surface area contributed by atoms with Gasteiger partial charge in [-0.1, -0.05) is 11.6 Å². The summed E-state index contributed by atoms with van der Waals surface area (Å²) in [6.07, 6.45) is 2.89. The van der Waals surface area contributed by atoms with E-state index in [0.717, 1.165) is 5.56 Å². The molecule has 15 heavy (non-hydrogen) atoms. The lowest BCUT2D eigenvalue weighted by atomic mass is 10.1. The molecule has 1 aromatic rings. The molecule has 5 heteroatoms. The average molecular weight is 226 g/mol. The highest BCUT2D eigenvalue weighted by atomic mass is 35.5. The number of amides is 1. The molecular weight excluding hydrogens is 214 g/mol. The van der Waals surface area contributed by atoms with E-state index in [4.69, 9.17) is 11.6 Å². The van der Waals surface area contributed by atoms with Crippen molar-refractivity contribution in [2.45, 2.75) is 6.92 Å². The summed E-state index contributed by atoms with van der Waals surface area (Å²) < 4.78 is 0. The zero-order valence-corrected chi connectivity index (χ0v) is 9.62. The summed E-state index contributed by atoms with van der Waals surface area (Å²) in [6.45, 7) is 1.80. The first kappa shape index (κ1) is 11.7. The lowest BCUT2D eigenvalue weighted by Crippen LogP contribution is -2.10. The molecule has 0 bridgehead atoms. The minimum Gasteiger partial charge on any atom is -0.369 e. The van der Waals surface area contributed by atoms with Gasteiger partial charge in [0.1, 0.15) is 5.15 Å². The Morgan fingerprint density at radius 1 is 1.60 bits per heavy atom. The van der Waals surface area contributed by atoms with Gasteiger partial charge in [-0.3, -0.25) is 4.79 Å². The summed E-state index contributed by atoms with van der Waals surface area (Å²) >= 11 is 5.68. The summed E-state index contributed by atoms with van der Waals surface area (Å²) in [5.41, 5.74) is 1.24. The van der Waals surface area contributed by atoms with E-state index in [-0.39, 0.29) is 5.91 Å². The van der Waals surface area contributed by atoms with Gasteiger partial charge in [-0.05, 0) is 18.6 Å². The van der Waals surface area contributed by atoms with Crippen LogP contribution in [-0.4, -0.2) is 36.2 Å². The van der Waals surface area contributed by atoms with Crippen molar-refractivity contribution >= 4 is 23.8 Å². The molecule has 0 saturated carbocycles. The molecule has 1 heterocycles. The molecule has 0 atom stereocenters. The van der Waals surface area contributed by atoms with Crippen LogP contribution in [0.4, 0.5) is 0 Å². The van der Waals surface area contributed by atoms with Gasteiger partial charge in [0.05, 0.1) is 11.9 Å². The normalized spacial score (nSPS) is 10.7. The number of hydrogen-bond acceptors (Lipinski definition) is 2. The van der Waals surface area contributed by atoms with Gasteiger partial charge in [-0.2, -0.15) is 4.99 Å². The number of aromatic nitrogens is 1. The largest absolute Gasteiger partial charge is 0.369 e. The number of pyridine rings is 1. The summed E-state index contributed by atoms with van der Waals surface area (Å²) in [7, 11) is 3.59. The maximum Gasteiger partial charge on any atom is 0.280 e. The van der Waals surface area contributed by atoms with E-state index < -0.39 is 0 Å². The minimum absolute atomic E-state index is 0.314. The summed E-state index contributed by atoms with van der Waals surface area (Å²) in [5, 5.41) is 0.376. The molecule has 0 unspecified atom stereocenters. The van der Waals surface area contributed by atoms with Crippen LogP contribution in [0.2, 0.25) is 5.15 Å². The molecule has 1 rings (SSSR count). The molecule has 0 aliphatic carbocycles. The Bertz CT molecular complexity index is 402. The number of aryl methyl sites for hydroxylation is 1. The van der Waals surface area contributed by atoms with E-state index >= 15 is 0 Å². The summed E-state index contributed by atoms with van der Waals surface area (Å²) in [4.78, 5) is 20.9. The van der Waals surface area contributed by atoms with Gasteiger partial charge < -0.3 is 4.90 Å². The Labute approximate surface area is 93.6 Å². The highest BCUT2D eigenvalue weighted by Gasteiger charge is 2.08. The third kappa shape index (κ3) is 3.32. The fourth-order valence-corrected chi connectivity index (χ4v) is 1.20. The molecule has 4 nitrogen and oxygen atoms in total. The molecule has 1 amide bonds. The lowest BCUT2D eigenvalue weighted by molar-refractivity contribution is 0.100. The van der Waals surface area contributed by atoms with Gasteiger partial charge in [0.2, 0.25) is 0 Å². The second-order valence-electron chi connectivity index (χ2n) is 3.34. The van der Waals surface area contributed by atoms with Gasteiger partial charge in [0, 0.05) is 20.3 Å². The van der Waals surface area contributed by atoms with Crippen LogP contribution in [0, 0.1) is 6.92 Å². The third-order valence-electron chi connectivity index (χ3n) is 1.71. The molecular formula is C10H12ClN3O. The predicted molar refractivity (Wildman–Crippen MR) is 60.5 cm³/mol. The monoisotopic (exact) mass is 225 g/mol. The van der Waals surface area contributed by atoms with E-state index in [2.05, 4.69) is 9.98 Å². The number of halogens is 1. The van der Waals surface area contributed by atoms with Crippen LogP contribution in [0.25, 0.3) is 0 Å². The highest BCUT2D eigenvalue weighted by Crippen LogP contribution is 2.12. The number of nitrogens with zero attached hydrogens (tertiary/aromatic N) is 3. The van der Waals surface area contributed by atoms with Crippen molar-refractivity contribution in [1.82, 2.24) is 9.88 Å². The molecule has 0 aliphatic rings. The number of hydrogen-bond donors (Lipinski definition) is 0. The van der Waals surface area contributed by atoms with Crippen LogP contribution in [0.5, 0.6) is 0 Å². The molecule has 0 saturated heterocycles. The molecule has 0 aromatic carbocycles. The Kier molecular flexibility index (Phi) is 3.80. The quantitative estimate of drug-likeness (QED) is 0.438. The van der Waals surface area contributed by atoms with Crippen molar-refractivity contribution in [2.24, 2.45) is 4.99 Å². The first-order chi connectivity index (χ1) is 7.00. The van der Waals surface area contributed by atoms with E-state index in [0.29, 0.717) is 10.7 Å². The zero-order chi connectivity index (χ0) is 11.4. The van der Waals surface area contributed by atoms with Crippen LogP contribution in [0.1, 0.15) is 15.9 Å². The Morgan fingerprint density at radius 3 is 2.80 bits per heavy atom. The summed E-state index contributed by atoms with van der Waals surface area (Å²) in [6, 6.07) is 1.64. The van der Waals surface area contributed by atoms with Gasteiger partial charge >= 0.3 is 0 Å². The van der Waals surface area contributed by atoms with Crippen molar-refractivity contribution in [1.29, 1.82) is 0 Å². The predicted octanol–water partition coefficient (Wildman–Crippen LogP) is 1.77. The number of carbonyl (C=O) groups is 1. The van der Waals surface area contributed by atoms with Crippen molar-refractivity contribution in [3.8, 4) is 0 Å². The van der Waals surface area contributed by atoms with Crippen molar-refractivity contribution in [3.05, 3.63) is 28.5 Å². The lowest BCUT2D eigenvalue weighted by Gasteiger charge is -2.03.